The van der Waals surface area contributed by atoms with Crippen LogP contribution in [0.4, 0.5) is 0 Å². The van der Waals surface area contributed by atoms with Gasteiger partial charge < -0.3 is 5.32 Å². The molecule has 0 fully saturated rings. The van der Waals surface area contributed by atoms with Crippen LogP contribution in [-0.2, 0) is 11.3 Å². The highest BCUT2D eigenvalue weighted by molar-refractivity contribution is 5.76. The summed E-state index contributed by atoms with van der Waals surface area (Å²) in [6.07, 6.45) is 7.20. The third-order valence-electron chi connectivity index (χ3n) is 3.80. The van der Waals surface area contributed by atoms with Gasteiger partial charge in [0, 0.05) is 25.2 Å². The second kappa shape index (κ2) is 6.73. The molecule has 0 radical (unpaired) electrons. The fourth-order valence-corrected chi connectivity index (χ4v) is 2.68. The Labute approximate surface area is 121 Å². The van der Waals surface area contributed by atoms with Crippen LogP contribution < -0.4 is 5.32 Å². The zero-order valence-corrected chi connectivity index (χ0v) is 12.7. The first kappa shape index (κ1) is 14.8. The number of nitrogens with one attached hydrogen (secondary N) is 1. The Morgan fingerprint density at radius 1 is 1.55 bits per heavy atom. The van der Waals surface area contributed by atoms with E-state index in [0.29, 0.717) is 24.8 Å². The normalized spacial score (nSPS) is 19.2. The summed E-state index contributed by atoms with van der Waals surface area (Å²) in [7, 11) is 0. The van der Waals surface area contributed by atoms with Gasteiger partial charge in [0.05, 0.1) is 5.69 Å². The van der Waals surface area contributed by atoms with E-state index in [1.165, 1.54) is 5.69 Å². The van der Waals surface area contributed by atoms with E-state index >= 15 is 0 Å². The summed E-state index contributed by atoms with van der Waals surface area (Å²) in [5, 5.41) is 7.50. The van der Waals surface area contributed by atoms with Crippen LogP contribution in [0.5, 0.6) is 0 Å². The molecule has 0 saturated heterocycles. The number of amides is 1. The summed E-state index contributed by atoms with van der Waals surface area (Å²) in [6.45, 7) is 7.78. The van der Waals surface area contributed by atoms with Crippen LogP contribution in [-0.4, -0.2) is 22.2 Å². The minimum absolute atomic E-state index is 0.168. The van der Waals surface area contributed by atoms with Gasteiger partial charge in [-0.1, -0.05) is 19.1 Å². The lowest BCUT2D eigenvalue weighted by atomic mass is 10.0. The van der Waals surface area contributed by atoms with E-state index in [-0.39, 0.29) is 5.91 Å². The second-order valence-corrected chi connectivity index (χ2v) is 5.99. The van der Waals surface area contributed by atoms with Gasteiger partial charge in [-0.2, -0.15) is 5.10 Å². The van der Waals surface area contributed by atoms with Crippen LogP contribution in [0, 0.1) is 25.7 Å². The Morgan fingerprint density at radius 2 is 2.35 bits per heavy atom. The maximum Gasteiger partial charge on any atom is 0.220 e. The Kier molecular flexibility index (Phi) is 4.99. The number of allylic oxidation sites excluding steroid dienone is 2. The van der Waals surface area contributed by atoms with Gasteiger partial charge in [-0.25, -0.2) is 0 Å². The van der Waals surface area contributed by atoms with E-state index in [0.717, 1.165) is 25.1 Å². The molecule has 2 atom stereocenters. The zero-order valence-electron chi connectivity index (χ0n) is 12.7. The molecule has 4 nitrogen and oxygen atoms in total. The number of aryl methyl sites for hydroxylation is 2. The van der Waals surface area contributed by atoms with Crippen molar-refractivity contribution in [3.8, 4) is 0 Å². The first-order valence-corrected chi connectivity index (χ1v) is 7.49. The second-order valence-electron chi connectivity index (χ2n) is 5.99. The van der Waals surface area contributed by atoms with Crippen molar-refractivity contribution < 1.29 is 4.79 Å². The molecule has 0 bridgehead atoms. The summed E-state index contributed by atoms with van der Waals surface area (Å²) < 4.78 is 2.02. The van der Waals surface area contributed by atoms with Crippen molar-refractivity contribution >= 4 is 5.91 Å². The van der Waals surface area contributed by atoms with Crippen molar-refractivity contribution in [1.29, 1.82) is 0 Å². The van der Waals surface area contributed by atoms with Crippen molar-refractivity contribution in [2.24, 2.45) is 11.8 Å². The van der Waals surface area contributed by atoms with Crippen molar-refractivity contribution in [2.45, 2.75) is 46.6 Å². The maximum absolute atomic E-state index is 11.9. The van der Waals surface area contributed by atoms with Crippen LogP contribution in [0.2, 0.25) is 0 Å². The van der Waals surface area contributed by atoms with Gasteiger partial charge in [0.1, 0.15) is 0 Å². The molecule has 2 unspecified atom stereocenters. The van der Waals surface area contributed by atoms with Crippen LogP contribution >= 0.6 is 0 Å². The largest absolute Gasteiger partial charge is 0.356 e. The fraction of sp³-hybridized carbons (Fsp3) is 0.625. The van der Waals surface area contributed by atoms with E-state index in [1.807, 2.05) is 11.6 Å². The molecule has 1 heterocycles. The van der Waals surface area contributed by atoms with E-state index in [4.69, 9.17) is 0 Å². The average Bonchev–Trinajstić information content (AvgIpc) is 2.98. The predicted octanol–water partition coefficient (Wildman–Crippen LogP) is 2.61. The third-order valence-corrected chi connectivity index (χ3v) is 3.80. The number of carbonyl (C=O) groups excluding carboxylic acids is 1. The highest BCUT2D eigenvalue weighted by Gasteiger charge is 2.14. The summed E-state index contributed by atoms with van der Waals surface area (Å²) in [4.78, 5) is 11.9. The topological polar surface area (TPSA) is 46.9 Å². The molecule has 0 saturated carbocycles. The van der Waals surface area contributed by atoms with Crippen LogP contribution in [0.3, 0.4) is 0 Å². The summed E-state index contributed by atoms with van der Waals surface area (Å²) in [5.74, 6) is 0.999. The summed E-state index contributed by atoms with van der Waals surface area (Å²) in [5.41, 5.74) is 2.23. The SMILES string of the molecule is Cc1cc(C)n(CC(C)CNC(=O)CC2C=CCC2)n1. The zero-order chi connectivity index (χ0) is 14.5. The van der Waals surface area contributed by atoms with Gasteiger partial charge in [0.2, 0.25) is 5.91 Å². The van der Waals surface area contributed by atoms with Gasteiger partial charge in [0.25, 0.3) is 0 Å². The summed E-state index contributed by atoms with van der Waals surface area (Å²) in [6, 6.07) is 2.08. The number of hydrogen-bond acceptors (Lipinski definition) is 2. The standard InChI is InChI=1S/C16H25N3O/c1-12(11-19-14(3)8-13(2)18-19)10-17-16(20)9-15-6-4-5-7-15/h4,6,8,12,15H,5,7,9-11H2,1-3H3,(H,17,20). The Morgan fingerprint density at radius 3 is 2.95 bits per heavy atom. The van der Waals surface area contributed by atoms with Crippen LogP contribution in [0.25, 0.3) is 0 Å². The van der Waals surface area contributed by atoms with Crippen molar-refractivity contribution in [3.05, 3.63) is 29.6 Å². The van der Waals surface area contributed by atoms with E-state index in [1.54, 1.807) is 0 Å². The lowest BCUT2D eigenvalue weighted by Gasteiger charge is -2.15. The van der Waals surface area contributed by atoms with Gasteiger partial charge in [-0.05, 0) is 44.6 Å². The predicted molar refractivity (Wildman–Crippen MR) is 80.4 cm³/mol. The Balaban J connectivity index is 1.71. The minimum Gasteiger partial charge on any atom is -0.356 e. The molecular formula is C16H25N3O. The molecule has 0 spiro atoms. The van der Waals surface area contributed by atoms with E-state index in [2.05, 4.69) is 42.5 Å². The summed E-state index contributed by atoms with van der Waals surface area (Å²) >= 11 is 0. The van der Waals surface area contributed by atoms with Crippen LogP contribution in [0.1, 0.15) is 37.6 Å². The molecule has 110 valence electrons. The molecule has 4 heteroatoms. The number of hydrogen-bond donors (Lipinski definition) is 1. The molecular weight excluding hydrogens is 250 g/mol. The monoisotopic (exact) mass is 275 g/mol. The molecule has 0 aromatic carbocycles. The lowest BCUT2D eigenvalue weighted by Crippen LogP contribution is -2.31. The molecule has 2 rings (SSSR count). The van der Waals surface area contributed by atoms with Gasteiger partial charge in [-0.3, -0.25) is 9.48 Å². The average molecular weight is 275 g/mol. The highest BCUT2D eigenvalue weighted by Crippen LogP contribution is 2.19. The van der Waals surface area contributed by atoms with Crippen LogP contribution in [0.15, 0.2) is 18.2 Å². The molecule has 20 heavy (non-hydrogen) atoms. The van der Waals surface area contributed by atoms with Crippen molar-refractivity contribution in [2.75, 3.05) is 6.54 Å². The lowest BCUT2D eigenvalue weighted by molar-refractivity contribution is -0.121. The Bertz CT molecular complexity index is 490. The molecule has 1 aliphatic carbocycles. The van der Waals surface area contributed by atoms with Gasteiger partial charge >= 0.3 is 0 Å². The smallest absolute Gasteiger partial charge is 0.220 e. The molecule has 1 aromatic heterocycles. The maximum atomic E-state index is 11.9. The third kappa shape index (κ3) is 4.22. The van der Waals surface area contributed by atoms with Gasteiger partial charge in [0.15, 0.2) is 0 Å². The molecule has 0 aliphatic heterocycles. The molecule has 1 amide bonds. The molecule has 1 N–H and O–H groups in total. The Hall–Kier alpha value is -1.58. The first-order valence-electron chi connectivity index (χ1n) is 7.49. The van der Waals surface area contributed by atoms with E-state index in [9.17, 15) is 4.79 Å². The number of nitrogens with zero attached hydrogens (tertiary/aromatic N) is 2. The van der Waals surface area contributed by atoms with E-state index < -0.39 is 0 Å². The van der Waals surface area contributed by atoms with Crippen molar-refractivity contribution in [3.63, 3.8) is 0 Å². The van der Waals surface area contributed by atoms with Gasteiger partial charge in [-0.15, -0.1) is 0 Å². The number of rotatable bonds is 6. The number of aromatic nitrogens is 2. The van der Waals surface area contributed by atoms with Crippen molar-refractivity contribution in [1.82, 2.24) is 15.1 Å². The fourth-order valence-electron chi connectivity index (χ4n) is 2.68. The number of carbonyl (C=O) groups is 1. The first-order chi connectivity index (χ1) is 9.54. The minimum atomic E-state index is 0.168. The molecule has 1 aliphatic rings. The quantitative estimate of drug-likeness (QED) is 0.811. The highest BCUT2D eigenvalue weighted by atomic mass is 16.1. The molecule has 1 aromatic rings.